The Bertz CT molecular complexity index is 207. The van der Waals surface area contributed by atoms with Gasteiger partial charge in [0.05, 0.1) is 6.04 Å². The van der Waals surface area contributed by atoms with Gasteiger partial charge in [-0.05, 0) is 30.8 Å². The lowest BCUT2D eigenvalue weighted by Gasteiger charge is -2.12. The number of hydrogen-bond acceptors (Lipinski definition) is 4. The average molecular weight is 299 g/mol. The molecule has 0 aromatic heterocycles. The molecule has 0 saturated heterocycles. The van der Waals surface area contributed by atoms with Crippen LogP contribution in [-0.4, -0.2) is 43.7 Å². The van der Waals surface area contributed by atoms with E-state index < -0.39 is 0 Å². The highest BCUT2D eigenvalue weighted by molar-refractivity contribution is 7.98. The molecule has 0 aromatic rings. The molecule has 0 unspecified atom stereocenters. The predicted octanol–water partition coefficient (Wildman–Crippen LogP) is 1.67. The van der Waals surface area contributed by atoms with E-state index in [1.807, 2.05) is 6.26 Å². The number of nitrogens with one attached hydrogen (secondary N) is 1. The normalized spacial score (nSPS) is 12.1. The minimum Gasteiger partial charge on any atom is -0.381 e. The number of ether oxygens (including phenoxy) is 1. The maximum Gasteiger partial charge on any atom is 0.236 e. The van der Waals surface area contributed by atoms with Crippen molar-refractivity contribution < 1.29 is 9.53 Å². The van der Waals surface area contributed by atoms with Crippen LogP contribution >= 0.6 is 24.2 Å². The van der Waals surface area contributed by atoms with Gasteiger partial charge in [-0.3, -0.25) is 4.79 Å². The fraction of sp³-hybridized carbons (Fsp3) is 0.917. The molecule has 0 bridgehead atoms. The first-order valence-corrected chi connectivity index (χ1v) is 7.57. The number of amides is 1. The zero-order valence-electron chi connectivity index (χ0n) is 11.6. The van der Waals surface area contributed by atoms with Crippen LogP contribution in [0.25, 0.3) is 0 Å². The lowest BCUT2D eigenvalue weighted by molar-refractivity contribution is -0.122. The first kappa shape index (κ1) is 20.3. The number of thioether (sulfide) groups is 1. The Kier molecular flexibility index (Phi) is 15.2. The Hall–Kier alpha value is 0.0300. The van der Waals surface area contributed by atoms with Crippen LogP contribution in [0.4, 0.5) is 0 Å². The van der Waals surface area contributed by atoms with Gasteiger partial charge in [-0.2, -0.15) is 11.8 Å². The second kappa shape index (κ2) is 13.5. The Labute approximate surface area is 121 Å². The van der Waals surface area contributed by atoms with E-state index in [1.165, 1.54) is 0 Å². The summed E-state index contributed by atoms with van der Waals surface area (Å²) < 4.78 is 5.42. The lowest BCUT2D eigenvalue weighted by Crippen LogP contribution is -2.41. The van der Waals surface area contributed by atoms with E-state index in [0.29, 0.717) is 19.1 Å². The average Bonchev–Trinajstić information content (AvgIpc) is 2.29. The summed E-state index contributed by atoms with van der Waals surface area (Å²) in [5.74, 6) is 1.43. The zero-order chi connectivity index (χ0) is 13.1. The summed E-state index contributed by atoms with van der Waals surface area (Å²) in [6.45, 7) is 6.35. The van der Waals surface area contributed by atoms with E-state index >= 15 is 0 Å². The summed E-state index contributed by atoms with van der Waals surface area (Å²) in [4.78, 5) is 11.5. The van der Waals surface area contributed by atoms with Crippen LogP contribution < -0.4 is 11.1 Å². The van der Waals surface area contributed by atoms with Crippen LogP contribution in [0, 0.1) is 5.92 Å². The molecule has 4 nitrogen and oxygen atoms in total. The number of hydrogen-bond donors (Lipinski definition) is 2. The SMILES string of the molecule is CSCC[C@H](N)C(=O)NCCCOCC(C)C.Cl. The van der Waals surface area contributed by atoms with Gasteiger partial charge in [0.1, 0.15) is 0 Å². The molecule has 0 aliphatic rings. The first-order chi connectivity index (χ1) is 8.07. The second-order valence-corrected chi connectivity index (χ2v) is 5.49. The largest absolute Gasteiger partial charge is 0.381 e. The minimum absolute atomic E-state index is 0. The van der Waals surface area contributed by atoms with Gasteiger partial charge < -0.3 is 15.8 Å². The number of carbonyl (C=O) groups excluding carboxylic acids is 1. The third-order valence-electron chi connectivity index (χ3n) is 2.19. The van der Waals surface area contributed by atoms with Crippen molar-refractivity contribution in [2.75, 3.05) is 31.8 Å². The minimum atomic E-state index is -0.376. The smallest absolute Gasteiger partial charge is 0.236 e. The summed E-state index contributed by atoms with van der Waals surface area (Å²) in [6, 6.07) is -0.376. The fourth-order valence-electron chi connectivity index (χ4n) is 1.21. The van der Waals surface area contributed by atoms with Gasteiger partial charge in [0.2, 0.25) is 5.91 Å². The third-order valence-corrected chi connectivity index (χ3v) is 2.83. The zero-order valence-corrected chi connectivity index (χ0v) is 13.2. The first-order valence-electron chi connectivity index (χ1n) is 6.18. The number of carbonyl (C=O) groups is 1. The van der Waals surface area contributed by atoms with Crippen molar-refractivity contribution in [1.82, 2.24) is 5.32 Å². The lowest BCUT2D eigenvalue weighted by atomic mass is 10.2. The van der Waals surface area contributed by atoms with E-state index in [1.54, 1.807) is 11.8 Å². The molecule has 3 N–H and O–H groups in total. The van der Waals surface area contributed by atoms with E-state index in [-0.39, 0.29) is 24.4 Å². The van der Waals surface area contributed by atoms with E-state index in [9.17, 15) is 4.79 Å². The molecule has 0 aromatic carbocycles. The van der Waals surface area contributed by atoms with E-state index in [4.69, 9.17) is 10.5 Å². The van der Waals surface area contributed by atoms with Gasteiger partial charge in [-0.1, -0.05) is 13.8 Å². The van der Waals surface area contributed by atoms with Crippen LogP contribution in [0.1, 0.15) is 26.7 Å². The maximum atomic E-state index is 11.5. The Morgan fingerprint density at radius 2 is 2.11 bits per heavy atom. The highest BCUT2D eigenvalue weighted by atomic mass is 35.5. The van der Waals surface area contributed by atoms with Crippen LogP contribution in [-0.2, 0) is 9.53 Å². The summed E-state index contributed by atoms with van der Waals surface area (Å²) >= 11 is 1.70. The molecule has 18 heavy (non-hydrogen) atoms. The number of halogens is 1. The maximum absolute atomic E-state index is 11.5. The highest BCUT2D eigenvalue weighted by Gasteiger charge is 2.11. The summed E-state index contributed by atoms with van der Waals surface area (Å²) in [5.41, 5.74) is 5.73. The van der Waals surface area contributed by atoms with Gasteiger partial charge in [0, 0.05) is 19.8 Å². The van der Waals surface area contributed by atoms with Crippen LogP contribution in [0.5, 0.6) is 0 Å². The van der Waals surface area contributed by atoms with Gasteiger partial charge in [0.25, 0.3) is 0 Å². The molecule has 6 heteroatoms. The molecule has 0 radical (unpaired) electrons. The third kappa shape index (κ3) is 12.5. The molecule has 1 amide bonds. The highest BCUT2D eigenvalue weighted by Crippen LogP contribution is 1.98. The molecule has 0 spiro atoms. The van der Waals surface area contributed by atoms with Crippen molar-refractivity contribution in [1.29, 1.82) is 0 Å². The van der Waals surface area contributed by atoms with Crippen molar-refractivity contribution in [2.24, 2.45) is 11.7 Å². The quantitative estimate of drug-likeness (QED) is 0.602. The monoisotopic (exact) mass is 298 g/mol. The topological polar surface area (TPSA) is 64.4 Å². The van der Waals surface area contributed by atoms with Crippen molar-refractivity contribution in [3.05, 3.63) is 0 Å². The van der Waals surface area contributed by atoms with Crippen molar-refractivity contribution in [2.45, 2.75) is 32.7 Å². The van der Waals surface area contributed by atoms with Gasteiger partial charge in [-0.25, -0.2) is 0 Å². The summed E-state index contributed by atoms with van der Waals surface area (Å²) in [5, 5.41) is 2.83. The van der Waals surface area contributed by atoms with Crippen LogP contribution in [0.3, 0.4) is 0 Å². The van der Waals surface area contributed by atoms with E-state index in [2.05, 4.69) is 19.2 Å². The Morgan fingerprint density at radius 1 is 1.44 bits per heavy atom. The summed E-state index contributed by atoms with van der Waals surface area (Å²) in [6.07, 6.45) is 3.58. The molecule has 0 aliphatic carbocycles. The molecule has 0 aliphatic heterocycles. The predicted molar refractivity (Wildman–Crippen MR) is 81.5 cm³/mol. The van der Waals surface area contributed by atoms with E-state index in [0.717, 1.165) is 25.2 Å². The van der Waals surface area contributed by atoms with Crippen LogP contribution in [0.2, 0.25) is 0 Å². The molecule has 0 saturated carbocycles. The summed E-state index contributed by atoms with van der Waals surface area (Å²) in [7, 11) is 0. The second-order valence-electron chi connectivity index (χ2n) is 4.50. The molecular formula is C12H27ClN2O2S. The van der Waals surface area contributed by atoms with Crippen molar-refractivity contribution in [3.63, 3.8) is 0 Å². The van der Waals surface area contributed by atoms with Gasteiger partial charge in [-0.15, -0.1) is 12.4 Å². The molecule has 1 atom stereocenters. The molecule has 0 fully saturated rings. The molecule has 0 heterocycles. The Balaban J connectivity index is 0. The van der Waals surface area contributed by atoms with Crippen molar-refractivity contribution >= 4 is 30.1 Å². The van der Waals surface area contributed by atoms with Gasteiger partial charge in [0.15, 0.2) is 0 Å². The van der Waals surface area contributed by atoms with Crippen LogP contribution in [0.15, 0.2) is 0 Å². The van der Waals surface area contributed by atoms with Gasteiger partial charge >= 0.3 is 0 Å². The fourth-order valence-corrected chi connectivity index (χ4v) is 1.70. The molecule has 0 rings (SSSR count). The standard InChI is InChI=1S/C12H26N2O2S.ClH/c1-10(2)9-16-7-4-6-14-12(15)11(13)5-8-17-3;/h10-11H,4-9,13H2,1-3H3,(H,14,15);1H/t11-;/m0./s1. The number of nitrogens with two attached hydrogens (primary N) is 1. The molecule has 110 valence electrons. The van der Waals surface area contributed by atoms with Crippen molar-refractivity contribution in [3.8, 4) is 0 Å². The Morgan fingerprint density at radius 3 is 2.67 bits per heavy atom. The number of rotatable bonds is 10. The molecular weight excluding hydrogens is 272 g/mol.